The molecule has 7 heteroatoms. The fourth-order valence-corrected chi connectivity index (χ4v) is 3.09. The van der Waals surface area contributed by atoms with Gasteiger partial charge in [-0.1, -0.05) is 41.6 Å². The third-order valence-electron chi connectivity index (χ3n) is 4.44. The van der Waals surface area contributed by atoms with Gasteiger partial charge in [-0.3, -0.25) is 0 Å². The topological polar surface area (TPSA) is 83.2 Å². The van der Waals surface area contributed by atoms with Crippen LogP contribution in [0.15, 0.2) is 63.7 Å². The van der Waals surface area contributed by atoms with E-state index >= 15 is 0 Å². The molecule has 28 heavy (non-hydrogen) atoms. The molecule has 0 aliphatic carbocycles. The number of aromatic nitrogens is 1. The quantitative estimate of drug-likeness (QED) is 0.513. The van der Waals surface area contributed by atoms with E-state index in [9.17, 15) is 4.79 Å². The highest BCUT2D eigenvalue weighted by Gasteiger charge is 2.30. The lowest BCUT2D eigenvalue weighted by Crippen LogP contribution is -2.07. The minimum Gasteiger partial charge on any atom is -0.454 e. The molecule has 0 saturated carbocycles. The Morgan fingerprint density at radius 1 is 1.04 bits per heavy atom. The van der Waals surface area contributed by atoms with Crippen molar-refractivity contribution >= 4 is 17.9 Å². The van der Waals surface area contributed by atoms with E-state index in [2.05, 4.69) is 10.1 Å². The fourth-order valence-electron chi connectivity index (χ4n) is 3.09. The highest BCUT2D eigenvalue weighted by atomic mass is 16.7. The first-order valence-corrected chi connectivity index (χ1v) is 8.63. The molecule has 2 aliphatic heterocycles. The number of benzene rings is 2. The summed E-state index contributed by atoms with van der Waals surface area (Å²) in [5.74, 6) is 1.47. The van der Waals surface area contributed by atoms with Crippen LogP contribution in [0.1, 0.15) is 16.9 Å². The van der Waals surface area contributed by atoms with Crippen molar-refractivity contribution in [2.75, 3.05) is 6.79 Å². The number of nitrogens with zero attached hydrogens (tertiary/aromatic N) is 2. The number of aliphatic imine (C=N–C) groups is 1. The zero-order valence-corrected chi connectivity index (χ0v) is 14.8. The molecule has 0 spiro atoms. The molecule has 3 aromatic rings. The summed E-state index contributed by atoms with van der Waals surface area (Å²) < 4.78 is 21.4. The summed E-state index contributed by atoms with van der Waals surface area (Å²) in [6, 6.07) is 14.9. The number of aryl methyl sites for hydroxylation is 1. The van der Waals surface area contributed by atoms with E-state index in [1.807, 2.05) is 36.4 Å². The molecule has 7 nitrogen and oxygen atoms in total. The van der Waals surface area contributed by atoms with Crippen molar-refractivity contribution in [3.63, 3.8) is 0 Å². The van der Waals surface area contributed by atoms with Gasteiger partial charge in [-0.15, -0.1) is 0 Å². The van der Waals surface area contributed by atoms with Crippen LogP contribution in [0.3, 0.4) is 0 Å². The lowest BCUT2D eigenvalue weighted by molar-refractivity contribution is -0.129. The Bertz CT molecular complexity index is 1140. The van der Waals surface area contributed by atoms with Crippen LogP contribution in [0.5, 0.6) is 11.5 Å². The van der Waals surface area contributed by atoms with Crippen molar-refractivity contribution < 1.29 is 23.5 Å². The van der Waals surface area contributed by atoms with E-state index in [-0.39, 0.29) is 18.4 Å². The maximum atomic E-state index is 12.4. The summed E-state index contributed by atoms with van der Waals surface area (Å²) in [5.41, 5.74) is 2.93. The summed E-state index contributed by atoms with van der Waals surface area (Å²) in [7, 11) is 0. The second-order valence-electron chi connectivity index (χ2n) is 6.28. The Kier molecular flexibility index (Phi) is 3.72. The van der Waals surface area contributed by atoms with Gasteiger partial charge in [0.25, 0.3) is 0 Å². The van der Waals surface area contributed by atoms with Crippen LogP contribution in [-0.2, 0) is 9.53 Å². The highest BCUT2D eigenvalue weighted by Crippen LogP contribution is 2.34. The number of carbonyl (C=O) groups is 1. The van der Waals surface area contributed by atoms with E-state index in [1.54, 1.807) is 25.1 Å². The monoisotopic (exact) mass is 374 g/mol. The number of ether oxygens (including phenoxy) is 3. The molecule has 0 N–H and O–H groups in total. The standard InChI is InChI=1S/C21H14N2O5/c1-12-18(19(23-28-12)14-5-3-2-4-6-14)20-22-15(21(24)27-20)9-13-7-8-16-17(10-13)26-11-25-16/h2-10H,11H2,1H3. The molecular formula is C21H14N2O5. The first-order chi connectivity index (χ1) is 13.7. The number of hydrogen-bond donors (Lipinski definition) is 0. The Balaban J connectivity index is 1.53. The van der Waals surface area contributed by atoms with E-state index in [4.69, 9.17) is 18.7 Å². The van der Waals surface area contributed by atoms with Crippen LogP contribution >= 0.6 is 0 Å². The minimum absolute atomic E-state index is 0.176. The number of carbonyl (C=O) groups excluding carboxylic acids is 1. The summed E-state index contributed by atoms with van der Waals surface area (Å²) in [4.78, 5) is 16.7. The maximum absolute atomic E-state index is 12.4. The first kappa shape index (κ1) is 16.3. The lowest BCUT2D eigenvalue weighted by Gasteiger charge is -2.01. The normalized spacial score (nSPS) is 16.4. The number of cyclic esters (lactones) is 1. The van der Waals surface area contributed by atoms with Gasteiger partial charge in [0.05, 0.1) is 0 Å². The molecule has 5 rings (SSSR count). The molecule has 3 heterocycles. The predicted octanol–water partition coefficient (Wildman–Crippen LogP) is 3.72. The van der Waals surface area contributed by atoms with E-state index in [1.165, 1.54) is 0 Å². The summed E-state index contributed by atoms with van der Waals surface area (Å²) in [6.45, 7) is 1.94. The Morgan fingerprint density at radius 2 is 1.86 bits per heavy atom. The smallest absolute Gasteiger partial charge is 0.363 e. The molecule has 0 bridgehead atoms. The molecular weight excluding hydrogens is 360 g/mol. The molecule has 2 aliphatic rings. The van der Waals surface area contributed by atoms with Crippen LogP contribution in [0, 0.1) is 6.92 Å². The first-order valence-electron chi connectivity index (χ1n) is 8.63. The number of esters is 1. The zero-order chi connectivity index (χ0) is 19.1. The van der Waals surface area contributed by atoms with E-state index < -0.39 is 5.97 Å². The van der Waals surface area contributed by atoms with Gasteiger partial charge < -0.3 is 18.7 Å². The Labute approximate surface area is 159 Å². The molecule has 2 aromatic carbocycles. The van der Waals surface area contributed by atoms with E-state index in [0.717, 1.165) is 11.1 Å². The van der Waals surface area contributed by atoms with Gasteiger partial charge in [0.15, 0.2) is 17.2 Å². The van der Waals surface area contributed by atoms with Gasteiger partial charge in [0.1, 0.15) is 17.0 Å². The van der Waals surface area contributed by atoms with Crippen LogP contribution in [-0.4, -0.2) is 23.8 Å². The van der Waals surface area contributed by atoms with Crippen LogP contribution < -0.4 is 9.47 Å². The van der Waals surface area contributed by atoms with Gasteiger partial charge in [-0.25, -0.2) is 9.79 Å². The molecule has 0 atom stereocenters. The van der Waals surface area contributed by atoms with Crippen molar-refractivity contribution in [1.29, 1.82) is 0 Å². The largest absolute Gasteiger partial charge is 0.454 e. The zero-order valence-electron chi connectivity index (χ0n) is 14.8. The maximum Gasteiger partial charge on any atom is 0.363 e. The SMILES string of the molecule is Cc1onc(-c2ccccc2)c1C1=NC(=Cc2ccc3c(c2)OCO3)C(=O)O1. The van der Waals surface area contributed by atoms with E-state index in [0.29, 0.717) is 28.5 Å². The number of fused-ring (bicyclic) bond motifs is 1. The number of rotatable bonds is 3. The summed E-state index contributed by atoms with van der Waals surface area (Å²) in [6.07, 6.45) is 1.64. The number of hydrogen-bond acceptors (Lipinski definition) is 7. The van der Waals surface area contributed by atoms with Crippen LogP contribution in [0.2, 0.25) is 0 Å². The average molecular weight is 374 g/mol. The molecule has 0 fully saturated rings. The van der Waals surface area contributed by atoms with Gasteiger partial charge >= 0.3 is 5.97 Å². The third kappa shape index (κ3) is 2.73. The predicted molar refractivity (Wildman–Crippen MR) is 99.8 cm³/mol. The lowest BCUT2D eigenvalue weighted by atomic mass is 10.1. The molecule has 138 valence electrons. The summed E-state index contributed by atoms with van der Waals surface area (Å²) in [5, 5.41) is 4.11. The molecule has 0 unspecified atom stereocenters. The van der Waals surface area contributed by atoms with Crippen molar-refractivity contribution in [1.82, 2.24) is 5.16 Å². The minimum atomic E-state index is -0.535. The molecule has 1 aromatic heterocycles. The molecule has 0 saturated heterocycles. The van der Waals surface area contributed by atoms with Crippen LogP contribution in [0.4, 0.5) is 0 Å². The third-order valence-corrected chi connectivity index (χ3v) is 4.44. The average Bonchev–Trinajstić information content (AvgIpc) is 3.41. The fraction of sp³-hybridized carbons (Fsp3) is 0.0952. The second-order valence-corrected chi connectivity index (χ2v) is 6.28. The van der Waals surface area contributed by atoms with Gasteiger partial charge in [0.2, 0.25) is 12.7 Å². The van der Waals surface area contributed by atoms with Crippen molar-refractivity contribution in [2.45, 2.75) is 6.92 Å². The van der Waals surface area contributed by atoms with Gasteiger partial charge in [0, 0.05) is 5.56 Å². The van der Waals surface area contributed by atoms with Crippen molar-refractivity contribution in [3.8, 4) is 22.8 Å². The highest BCUT2D eigenvalue weighted by molar-refractivity contribution is 6.15. The molecule has 0 amide bonds. The van der Waals surface area contributed by atoms with Gasteiger partial charge in [-0.2, -0.15) is 0 Å². The van der Waals surface area contributed by atoms with Crippen molar-refractivity contribution in [2.24, 2.45) is 4.99 Å². The Morgan fingerprint density at radius 3 is 2.71 bits per heavy atom. The van der Waals surface area contributed by atoms with Crippen molar-refractivity contribution in [3.05, 3.63) is 71.1 Å². The van der Waals surface area contributed by atoms with Gasteiger partial charge in [-0.05, 0) is 30.7 Å². The Hall–Kier alpha value is -3.87. The van der Waals surface area contributed by atoms with Crippen LogP contribution in [0.25, 0.3) is 17.3 Å². The molecule has 0 radical (unpaired) electrons. The second kappa shape index (κ2) is 6.38. The summed E-state index contributed by atoms with van der Waals surface area (Å²) >= 11 is 0.